The minimum Gasteiger partial charge on any atom is -0.493 e. The molecule has 2 aromatic rings. The fourth-order valence-electron chi connectivity index (χ4n) is 2.44. The number of amidine groups is 1. The lowest BCUT2D eigenvalue weighted by atomic mass is 10.0. The van der Waals surface area contributed by atoms with Crippen molar-refractivity contribution in [2.75, 3.05) is 6.61 Å². The van der Waals surface area contributed by atoms with Crippen molar-refractivity contribution in [1.29, 1.82) is 5.26 Å². The first kappa shape index (κ1) is 17.8. The summed E-state index contributed by atoms with van der Waals surface area (Å²) in [7, 11) is 0. The van der Waals surface area contributed by atoms with Crippen molar-refractivity contribution in [3.05, 3.63) is 70.6 Å². The van der Waals surface area contributed by atoms with Crippen LogP contribution in [0.1, 0.15) is 24.0 Å². The first-order valence-electron chi connectivity index (χ1n) is 8.11. The first-order valence-corrected chi connectivity index (χ1v) is 8.93. The average molecular weight is 363 g/mol. The van der Waals surface area contributed by atoms with Crippen LogP contribution in [-0.4, -0.2) is 17.7 Å². The molecule has 1 atom stereocenters. The predicted octanol–water partition coefficient (Wildman–Crippen LogP) is 3.91. The van der Waals surface area contributed by atoms with E-state index in [2.05, 4.69) is 29.4 Å². The molecule has 1 amide bonds. The van der Waals surface area contributed by atoms with Gasteiger partial charge in [0.2, 0.25) is 6.19 Å². The Labute approximate surface area is 156 Å². The second kappa shape index (κ2) is 8.37. The molecule has 0 aliphatic carbocycles. The largest absolute Gasteiger partial charge is 0.493 e. The molecule has 1 saturated heterocycles. The molecule has 3 rings (SSSR count). The number of nitrogens with one attached hydrogen (secondary N) is 1. The minimum atomic E-state index is -0.249. The molecule has 0 bridgehead atoms. The molecule has 0 aromatic heterocycles. The summed E-state index contributed by atoms with van der Waals surface area (Å²) in [6.45, 7) is 2.72. The number of ether oxygens (including phenoxy) is 1. The molecule has 1 aliphatic heterocycles. The Morgan fingerprint density at radius 1 is 1.23 bits per heavy atom. The summed E-state index contributed by atoms with van der Waals surface area (Å²) < 4.78 is 5.86. The Kier molecular flexibility index (Phi) is 5.72. The van der Waals surface area contributed by atoms with E-state index in [0.29, 0.717) is 22.6 Å². The molecular formula is C20H17N3O2S. The third-order valence-corrected chi connectivity index (χ3v) is 4.76. The summed E-state index contributed by atoms with van der Waals surface area (Å²) in [6, 6.07) is 17.8. The molecular weight excluding hydrogens is 346 g/mol. The van der Waals surface area contributed by atoms with Gasteiger partial charge in [-0.1, -0.05) is 49.4 Å². The quantitative estimate of drug-likeness (QED) is 0.646. The van der Waals surface area contributed by atoms with Crippen LogP contribution >= 0.6 is 11.8 Å². The number of amides is 1. The molecule has 1 heterocycles. The van der Waals surface area contributed by atoms with Crippen molar-refractivity contribution >= 4 is 28.9 Å². The van der Waals surface area contributed by atoms with Crippen LogP contribution in [0.2, 0.25) is 0 Å². The van der Waals surface area contributed by atoms with E-state index in [1.807, 2.05) is 42.5 Å². The van der Waals surface area contributed by atoms with Gasteiger partial charge in [0.15, 0.2) is 5.17 Å². The normalized spacial score (nSPS) is 17.8. The SMILES string of the molecule is CC(COc1ccc(/C=C2\S/C(=N/C#N)NC2=O)cc1)c1ccccc1. The number of rotatable bonds is 5. The number of hydrogen-bond acceptors (Lipinski definition) is 5. The van der Waals surface area contributed by atoms with Gasteiger partial charge in [-0.05, 0) is 41.1 Å². The fraction of sp³-hybridized carbons (Fsp3) is 0.150. The van der Waals surface area contributed by atoms with Gasteiger partial charge in [-0.3, -0.25) is 10.1 Å². The lowest BCUT2D eigenvalue weighted by Crippen LogP contribution is -2.19. The highest BCUT2D eigenvalue weighted by atomic mass is 32.2. The highest BCUT2D eigenvalue weighted by Gasteiger charge is 2.23. The van der Waals surface area contributed by atoms with Gasteiger partial charge in [-0.15, -0.1) is 4.99 Å². The second-order valence-corrected chi connectivity index (χ2v) is 6.80. The van der Waals surface area contributed by atoms with Crippen LogP contribution < -0.4 is 10.1 Å². The van der Waals surface area contributed by atoms with Crippen LogP contribution in [0, 0.1) is 11.5 Å². The maximum absolute atomic E-state index is 11.8. The lowest BCUT2D eigenvalue weighted by molar-refractivity contribution is -0.115. The zero-order valence-electron chi connectivity index (χ0n) is 14.2. The monoisotopic (exact) mass is 363 g/mol. The molecule has 5 nitrogen and oxygen atoms in total. The average Bonchev–Trinajstić information content (AvgIpc) is 3.01. The Balaban J connectivity index is 1.61. The van der Waals surface area contributed by atoms with Gasteiger partial charge in [0.25, 0.3) is 5.91 Å². The number of benzene rings is 2. The summed E-state index contributed by atoms with van der Waals surface area (Å²) in [5, 5.41) is 11.4. The molecule has 0 spiro atoms. The van der Waals surface area contributed by atoms with Crippen molar-refractivity contribution in [3.63, 3.8) is 0 Å². The van der Waals surface area contributed by atoms with E-state index < -0.39 is 0 Å². The summed E-state index contributed by atoms with van der Waals surface area (Å²) in [4.78, 5) is 15.9. The van der Waals surface area contributed by atoms with Gasteiger partial charge < -0.3 is 4.74 Å². The minimum absolute atomic E-state index is 0.249. The number of carbonyl (C=O) groups is 1. The van der Waals surface area contributed by atoms with Crippen LogP contribution in [0.4, 0.5) is 0 Å². The van der Waals surface area contributed by atoms with E-state index in [-0.39, 0.29) is 5.91 Å². The Bertz CT molecular complexity index is 884. The molecule has 1 fully saturated rings. The standard InChI is InChI=1S/C20H17N3O2S/c1-14(16-5-3-2-4-6-16)12-25-17-9-7-15(8-10-17)11-18-19(24)23-20(26-18)22-13-21/h2-11,14H,12H2,1H3,(H,22,23,24)/b18-11-. The van der Waals surface area contributed by atoms with Gasteiger partial charge in [-0.25, -0.2) is 0 Å². The van der Waals surface area contributed by atoms with Crippen molar-refractivity contribution in [2.45, 2.75) is 12.8 Å². The fourth-order valence-corrected chi connectivity index (χ4v) is 3.21. The van der Waals surface area contributed by atoms with Gasteiger partial charge >= 0.3 is 0 Å². The zero-order valence-corrected chi connectivity index (χ0v) is 15.0. The van der Waals surface area contributed by atoms with Gasteiger partial charge in [-0.2, -0.15) is 5.26 Å². The summed E-state index contributed by atoms with van der Waals surface area (Å²) in [6.07, 6.45) is 3.43. The van der Waals surface area contributed by atoms with E-state index in [1.54, 1.807) is 12.3 Å². The van der Waals surface area contributed by atoms with E-state index in [1.165, 1.54) is 5.56 Å². The van der Waals surface area contributed by atoms with Gasteiger partial charge in [0, 0.05) is 5.92 Å². The summed E-state index contributed by atoms with van der Waals surface area (Å²) in [5.41, 5.74) is 2.12. The molecule has 1 N–H and O–H groups in total. The summed E-state index contributed by atoms with van der Waals surface area (Å²) in [5.74, 6) is 0.834. The van der Waals surface area contributed by atoms with E-state index >= 15 is 0 Å². The molecule has 0 saturated carbocycles. The molecule has 6 heteroatoms. The molecule has 2 aromatic carbocycles. The highest BCUT2D eigenvalue weighted by molar-refractivity contribution is 8.18. The van der Waals surface area contributed by atoms with Crippen LogP contribution in [-0.2, 0) is 4.79 Å². The number of hydrogen-bond donors (Lipinski definition) is 1. The van der Waals surface area contributed by atoms with Crippen molar-refractivity contribution in [1.82, 2.24) is 5.32 Å². The predicted molar refractivity (Wildman–Crippen MR) is 104 cm³/mol. The van der Waals surface area contributed by atoms with Crippen molar-refractivity contribution < 1.29 is 9.53 Å². The third kappa shape index (κ3) is 4.52. The first-order chi connectivity index (χ1) is 12.7. The van der Waals surface area contributed by atoms with E-state index in [9.17, 15) is 4.79 Å². The molecule has 130 valence electrons. The Morgan fingerprint density at radius 2 is 1.96 bits per heavy atom. The van der Waals surface area contributed by atoms with E-state index in [4.69, 9.17) is 10.00 Å². The van der Waals surface area contributed by atoms with Crippen molar-refractivity contribution in [2.24, 2.45) is 4.99 Å². The van der Waals surface area contributed by atoms with Crippen LogP contribution in [0.25, 0.3) is 6.08 Å². The Hall–Kier alpha value is -3.04. The van der Waals surface area contributed by atoms with Crippen LogP contribution in [0.5, 0.6) is 5.75 Å². The number of nitrogens with zero attached hydrogens (tertiary/aromatic N) is 2. The third-order valence-electron chi connectivity index (χ3n) is 3.85. The zero-order chi connectivity index (χ0) is 18.4. The van der Waals surface area contributed by atoms with Crippen molar-refractivity contribution in [3.8, 4) is 11.9 Å². The lowest BCUT2D eigenvalue weighted by Gasteiger charge is -2.13. The highest BCUT2D eigenvalue weighted by Crippen LogP contribution is 2.26. The maximum Gasteiger partial charge on any atom is 0.264 e. The van der Waals surface area contributed by atoms with E-state index in [0.717, 1.165) is 23.1 Å². The van der Waals surface area contributed by atoms with Crippen LogP contribution in [0.3, 0.4) is 0 Å². The number of carbonyl (C=O) groups excluding carboxylic acids is 1. The van der Waals surface area contributed by atoms with Gasteiger partial charge in [0.1, 0.15) is 5.75 Å². The maximum atomic E-state index is 11.8. The number of thioether (sulfide) groups is 1. The Morgan fingerprint density at radius 3 is 2.65 bits per heavy atom. The number of aliphatic imine (C=N–C) groups is 1. The van der Waals surface area contributed by atoms with Gasteiger partial charge in [0.05, 0.1) is 11.5 Å². The second-order valence-electron chi connectivity index (χ2n) is 5.77. The molecule has 0 radical (unpaired) electrons. The molecule has 26 heavy (non-hydrogen) atoms. The topological polar surface area (TPSA) is 74.5 Å². The summed E-state index contributed by atoms with van der Waals surface area (Å²) >= 11 is 1.15. The molecule has 1 unspecified atom stereocenters. The number of nitriles is 1. The smallest absolute Gasteiger partial charge is 0.264 e. The molecule has 1 aliphatic rings. The van der Waals surface area contributed by atoms with Crippen LogP contribution in [0.15, 0.2) is 64.5 Å².